The second kappa shape index (κ2) is 6.65. The van der Waals surface area contributed by atoms with E-state index in [4.69, 9.17) is 14.7 Å². The molecule has 2 N–H and O–H groups in total. The highest BCUT2D eigenvalue weighted by molar-refractivity contribution is 6.16. The van der Waals surface area contributed by atoms with Crippen LogP contribution in [0.5, 0.6) is 11.5 Å². The molecule has 0 saturated heterocycles. The number of amides is 2. The molecule has 7 heteroatoms. The van der Waals surface area contributed by atoms with E-state index in [0.717, 1.165) is 0 Å². The SMILES string of the molecule is N#Cc1ccc(NC(=O)C2(C(=O)Nc3ccc4c(c3)OCCO4)CC2)cc1. The molecule has 2 aromatic rings. The second-order valence-corrected chi connectivity index (χ2v) is 6.54. The van der Waals surface area contributed by atoms with Crippen molar-refractivity contribution < 1.29 is 19.1 Å². The average Bonchev–Trinajstić information content (AvgIpc) is 3.51. The van der Waals surface area contributed by atoms with Crippen LogP contribution in [0.2, 0.25) is 0 Å². The monoisotopic (exact) mass is 363 g/mol. The van der Waals surface area contributed by atoms with Crippen LogP contribution >= 0.6 is 0 Å². The summed E-state index contributed by atoms with van der Waals surface area (Å²) in [6.07, 6.45) is 0.983. The van der Waals surface area contributed by atoms with Crippen molar-refractivity contribution in [3.8, 4) is 17.6 Å². The van der Waals surface area contributed by atoms with Gasteiger partial charge in [-0.25, -0.2) is 0 Å². The fourth-order valence-electron chi connectivity index (χ4n) is 2.93. The molecule has 2 aromatic carbocycles. The number of nitrogens with zero attached hydrogens (tertiary/aromatic N) is 1. The molecule has 2 amide bonds. The minimum Gasteiger partial charge on any atom is -0.486 e. The number of hydrogen-bond donors (Lipinski definition) is 2. The molecule has 0 bridgehead atoms. The molecule has 1 aliphatic heterocycles. The predicted octanol–water partition coefficient (Wildman–Crippen LogP) is 2.69. The first-order valence-electron chi connectivity index (χ1n) is 8.63. The lowest BCUT2D eigenvalue weighted by molar-refractivity contribution is -0.131. The summed E-state index contributed by atoms with van der Waals surface area (Å²) in [5, 5.41) is 14.4. The fourth-order valence-corrected chi connectivity index (χ4v) is 2.93. The number of benzene rings is 2. The summed E-state index contributed by atoms with van der Waals surface area (Å²) >= 11 is 0. The molecule has 0 radical (unpaired) electrons. The molecule has 0 spiro atoms. The maximum absolute atomic E-state index is 12.7. The van der Waals surface area contributed by atoms with Gasteiger partial charge < -0.3 is 20.1 Å². The van der Waals surface area contributed by atoms with E-state index in [1.54, 1.807) is 42.5 Å². The highest BCUT2D eigenvalue weighted by Gasteiger charge is 2.56. The van der Waals surface area contributed by atoms with Crippen LogP contribution in [0, 0.1) is 16.7 Å². The summed E-state index contributed by atoms with van der Waals surface area (Å²) < 4.78 is 11.0. The van der Waals surface area contributed by atoms with Gasteiger partial charge in [-0.3, -0.25) is 9.59 Å². The van der Waals surface area contributed by atoms with Crippen LogP contribution in [-0.4, -0.2) is 25.0 Å². The van der Waals surface area contributed by atoms with Crippen LogP contribution in [0.4, 0.5) is 11.4 Å². The molecule has 4 rings (SSSR count). The van der Waals surface area contributed by atoms with Gasteiger partial charge in [0.2, 0.25) is 11.8 Å². The molecule has 7 nitrogen and oxygen atoms in total. The minimum atomic E-state index is -1.07. The van der Waals surface area contributed by atoms with Crippen LogP contribution in [0.15, 0.2) is 42.5 Å². The number of nitrogens with one attached hydrogen (secondary N) is 2. The standard InChI is InChI=1S/C20H17N3O4/c21-12-13-1-3-14(4-2-13)22-18(24)20(7-8-20)19(25)23-15-5-6-16-17(11-15)27-10-9-26-16/h1-6,11H,7-10H2,(H,22,24)(H,23,25). The summed E-state index contributed by atoms with van der Waals surface area (Å²) in [7, 11) is 0. The van der Waals surface area contributed by atoms with Crippen LogP contribution in [0.1, 0.15) is 18.4 Å². The predicted molar refractivity (Wildman–Crippen MR) is 97.5 cm³/mol. The van der Waals surface area contributed by atoms with Gasteiger partial charge >= 0.3 is 0 Å². The first-order chi connectivity index (χ1) is 13.1. The molecule has 0 unspecified atom stereocenters. The van der Waals surface area contributed by atoms with Gasteiger partial charge in [0.1, 0.15) is 18.6 Å². The highest BCUT2D eigenvalue weighted by atomic mass is 16.6. The molecule has 136 valence electrons. The molecule has 1 aliphatic carbocycles. The second-order valence-electron chi connectivity index (χ2n) is 6.54. The van der Waals surface area contributed by atoms with Gasteiger partial charge in [-0.15, -0.1) is 0 Å². The molecule has 27 heavy (non-hydrogen) atoms. The lowest BCUT2D eigenvalue weighted by atomic mass is 10.0. The van der Waals surface area contributed by atoms with Crippen molar-refractivity contribution in [2.45, 2.75) is 12.8 Å². The fraction of sp³-hybridized carbons (Fsp3) is 0.250. The topological polar surface area (TPSA) is 100 Å². The summed E-state index contributed by atoms with van der Waals surface area (Å²) in [5.41, 5.74) is 0.547. The Hall–Kier alpha value is -3.53. The zero-order valence-electron chi connectivity index (χ0n) is 14.5. The number of fused-ring (bicyclic) bond motifs is 1. The maximum Gasteiger partial charge on any atom is 0.240 e. The average molecular weight is 363 g/mol. The summed E-state index contributed by atoms with van der Waals surface area (Å²) in [6, 6.07) is 13.7. The molecular formula is C20H17N3O4. The molecule has 0 atom stereocenters. The zero-order chi connectivity index (χ0) is 18.9. The Morgan fingerprint density at radius 3 is 2.11 bits per heavy atom. The van der Waals surface area contributed by atoms with Gasteiger partial charge in [-0.1, -0.05) is 0 Å². The molecule has 0 aromatic heterocycles. The van der Waals surface area contributed by atoms with Crippen molar-refractivity contribution in [1.29, 1.82) is 5.26 Å². The summed E-state index contributed by atoms with van der Waals surface area (Å²) in [4.78, 5) is 25.3. The number of ether oxygens (including phenoxy) is 2. The Kier molecular flexibility index (Phi) is 4.16. The van der Waals surface area contributed by atoms with E-state index in [1.165, 1.54) is 0 Å². The van der Waals surface area contributed by atoms with E-state index < -0.39 is 5.41 Å². The number of hydrogen-bond acceptors (Lipinski definition) is 5. The van der Waals surface area contributed by atoms with Gasteiger partial charge in [0.15, 0.2) is 11.5 Å². The number of carbonyl (C=O) groups is 2. The lowest BCUT2D eigenvalue weighted by Crippen LogP contribution is -2.35. The molecule has 1 saturated carbocycles. The Bertz CT molecular complexity index is 943. The first-order valence-corrected chi connectivity index (χ1v) is 8.63. The first kappa shape index (κ1) is 16.9. The van der Waals surface area contributed by atoms with E-state index in [0.29, 0.717) is 54.5 Å². The number of anilines is 2. The third-order valence-electron chi connectivity index (χ3n) is 4.69. The Balaban J connectivity index is 1.44. The quantitative estimate of drug-likeness (QED) is 0.814. The van der Waals surface area contributed by atoms with Crippen molar-refractivity contribution in [3.63, 3.8) is 0 Å². The molecule has 1 heterocycles. The van der Waals surface area contributed by atoms with Crippen molar-refractivity contribution in [1.82, 2.24) is 0 Å². The third kappa shape index (κ3) is 3.29. The maximum atomic E-state index is 12.7. The zero-order valence-corrected chi connectivity index (χ0v) is 14.5. The molecule has 1 fully saturated rings. The van der Waals surface area contributed by atoms with Crippen molar-refractivity contribution >= 4 is 23.2 Å². The smallest absolute Gasteiger partial charge is 0.240 e. The van der Waals surface area contributed by atoms with Crippen molar-refractivity contribution in [2.24, 2.45) is 5.41 Å². The van der Waals surface area contributed by atoms with Gasteiger partial charge in [-0.2, -0.15) is 5.26 Å². The number of rotatable bonds is 4. The Labute approximate surface area is 155 Å². The minimum absolute atomic E-state index is 0.342. The summed E-state index contributed by atoms with van der Waals surface area (Å²) in [5.74, 6) is 0.525. The van der Waals surface area contributed by atoms with Crippen LogP contribution in [0.25, 0.3) is 0 Å². The highest BCUT2D eigenvalue weighted by Crippen LogP contribution is 2.47. The van der Waals surface area contributed by atoms with Crippen LogP contribution < -0.4 is 20.1 Å². The van der Waals surface area contributed by atoms with E-state index in [2.05, 4.69) is 10.6 Å². The number of nitriles is 1. The largest absolute Gasteiger partial charge is 0.486 e. The molecular weight excluding hydrogens is 346 g/mol. The van der Waals surface area contributed by atoms with Crippen LogP contribution in [-0.2, 0) is 9.59 Å². The van der Waals surface area contributed by atoms with Crippen molar-refractivity contribution in [3.05, 3.63) is 48.0 Å². The third-order valence-corrected chi connectivity index (χ3v) is 4.69. The normalized spacial score (nSPS) is 16.0. The summed E-state index contributed by atoms with van der Waals surface area (Å²) in [6.45, 7) is 0.957. The van der Waals surface area contributed by atoms with Gasteiger partial charge in [-0.05, 0) is 49.2 Å². The van der Waals surface area contributed by atoms with E-state index in [-0.39, 0.29) is 11.8 Å². The van der Waals surface area contributed by atoms with Gasteiger partial charge in [0, 0.05) is 17.4 Å². The molecule has 2 aliphatic rings. The van der Waals surface area contributed by atoms with E-state index in [1.807, 2.05) is 6.07 Å². The Morgan fingerprint density at radius 2 is 1.48 bits per heavy atom. The Morgan fingerprint density at radius 1 is 0.889 bits per heavy atom. The lowest BCUT2D eigenvalue weighted by Gasteiger charge is -2.20. The van der Waals surface area contributed by atoms with Gasteiger partial charge in [0.05, 0.1) is 11.6 Å². The van der Waals surface area contributed by atoms with Gasteiger partial charge in [0.25, 0.3) is 0 Å². The number of carbonyl (C=O) groups excluding carboxylic acids is 2. The van der Waals surface area contributed by atoms with E-state index in [9.17, 15) is 9.59 Å². The van der Waals surface area contributed by atoms with Crippen molar-refractivity contribution in [2.75, 3.05) is 23.8 Å². The van der Waals surface area contributed by atoms with E-state index >= 15 is 0 Å². The van der Waals surface area contributed by atoms with Crippen LogP contribution in [0.3, 0.4) is 0 Å².